The van der Waals surface area contributed by atoms with E-state index in [0.717, 1.165) is 37.0 Å². The third-order valence-electron chi connectivity index (χ3n) is 4.32. The molecule has 1 N–H and O–H groups in total. The van der Waals surface area contributed by atoms with Gasteiger partial charge in [-0.15, -0.1) is 23.5 Å². The molecule has 4 rings (SSSR count). The Balaban J connectivity index is 1.50. The van der Waals surface area contributed by atoms with Crippen molar-refractivity contribution in [1.29, 1.82) is 0 Å². The van der Waals surface area contributed by atoms with Crippen LogP contribution < -0.4 is 0 Å². The molecule has 2 aromatic rings. The molecule has 0 atom stereocenters. The summed E-state index contributed by atoms with van der Waals surface area (Å²) >= 11 is 4.19. The number of carbonyl (C=O) groups is 1. The summed E-state index contributed by atoms with van der Waals surface area (Å²) in [6.45, 7) is 1.72. The van der Waals surface area contributed by atoms with E-state index in [1.807, 2.05) is 17.0 Å². The molecule has 6 heteroatoms. The zero-order valence-electron chi connectivity index (χ0n) is 11.8. The number of thioether (sulfide) groups is 2. The minimum Gasteiger partial charge on any atom is -0.463 e. The molecule has 0 unspecified atom stereocenters. The topological polar surface area (TPSA) is 49.2 Å². The molecule has 0 aliphatic carbocycles. The molecule has 1 spiro atoms. The second-order valence-electron chi connectivity index (χ2n) is 5.63. The molecular weight excluding hydrogens is 304 g/mol. The summed E-state index contributed by atoms with van der Waals surface area (Å²) < 4.78 is 5.70. The predicted octanol–water partition coefficient (Wildman–Crippen LogP) is 3.56. The number of fused-ring (bicyclic) bond motifs is 1. The van der Waals surface area contributed by atoms with Gasteiger partial charge in [0.1, 0.15) is 5.69 Å². The lowest BCUT2D eigenvalue weighted by atomic mass is 10.2. The van der Waals surface area contributed by atoms with Gasteiger partial charge in [-0.05, 0) is 19.3 Å². The minimum atomic E-state index is 0.103. The maximum atomic E-state index is 12.7. The molecule has 4 nitrogen and oxygen atoms in total. The van der Waals surface area contributed by atoms with Crippen molar-refractivity contribution in [2.24, 2.45) is 0 Å². The molecule has 0 aromatic carbocycles. The Hall–Kier alpha value is -1.01. The van der Waals surface area contributed by atoms with E-state index in [4.69, 9.17) is 4.42 Å². The fourth-order valence-corrected chi connectivity index (χ4v) is 6.50. The summed E-state index contributed by atoms with van der Waals surface area (Å²) in [6, 6.07) is 3.67. The van der Waals surface area contributed by atoms with Gasteiger partial charge in [0, 0.05) is 36.7 Å². The summed E-state index contributed by atoms with van der Waals surface area (Å²) in [7, 11) is 0. The highest BCUT2D eigenvalue weighted by atomic mass is 32.2. The predicted molar refractivity (Wildman–Crippen MR) is 88.0 cm³/mol. The number of aromatic nitrogens is 1. The molecule has 0 bridgehead atoms. The largest absolute Gasteiger partial charge is 0.463 e. The molecule has 2 aliphatic heterocycles. The fraction of sp³-hybridized carbons (Fsp3) is 0.533. The van der Waals surface area contributed by atoms with E-state index in [2.05, 4.69) is 28.5 Å². The summed E-state index contributed by atoms with van der Waals surface area (Å²) in [5.41, 5.74) is 2.30. The molecule has 2 aliphatic rings. The van der Waals surface area contributed by atoms with Gasteiger partial charge >= 0.3 is 0 Å². The Labute approximate surface area is 132 Å². The SMILES string of the molecule is O=C(c1cc2occc2[nH]1)N1CCCC2(CC1)SCCS2. The van der Waals surface area contributed by atoms with Crippen LogP contribution in [0.5, 0.6) is 0 Å². The summed E-state index contributed by atoms with van der Waals surface area (Å²) in [6.07, 6.45) is 5.06. The molecule has 2 aromatic heterocycles. The van der Waals surface area contributed by atoms with E-state index in [9.17, 15) is 4.79 Å². The Morgan fingerprint density at radius 3 is 2.95 bits per heavy atom. The van der Waals surface area contributed by atoms with Crippen molar-refractivity contribution >= 4 is 40.5 Å². The molecule has 1 amide bonds. The standard InChI is InChI=1S/C15H18N2O2S2/c18-14(12-10-13-11(16-12)2-7-19-13)17-5-1-3-15(4-6-17)20-8-9-21-15/h2,7,10,16H,1,3-6,8-9H2. The highest BCUT2D eigenvalue weighted by molar-refractivity contribution is 8.21. The summed E-state index contributed by atoms with van der Waals surface area (Å²) in [4.78, 5) is 17.8. The molecule has 2 fully saturated rings. The first-order chi connectivity index (χ1) is 10.3. The zero-order valence-corrected chi connectivity index (χ0v) is 13.4. The minimum absolute atomic E-state index is 0.103. The average molecular weight is 322 g/mol. The van der Waals surface area contributed by atoms with Gasteiger partial charge in [-0.2, -0.15) is 0 Å². The van der Waals surface area contributed by atoms with Crippen LogP contribution in [-0.2, 0) is 0 Å². The van der Waals surface area contributed by atoms with Gasteiger partial charge in [0.2, 0.25) is 0 Å². The number of aromatic amines is 1. The number of H-pyrrole nitrogens is 1. The number of carbonyl (C=O) groups excluding carboxylic acids is 1. The maximum absolute atomic E-state index is 12.7. The smallest absolute Gasteiger partial charge is 0.270 e. The van der Waals surface area contributed by atoms with Crippen molar-refractivity contribution in [2.45, 2.75) is 23.3 Å². The van der Waals surface area contributed by atoms with E-state index in [1.165, 1.54) is 17.9 Å². The fourth-order valence-electron chi connectivity index (χ4n) is 3.20. The lowest BCUT2D eigenvalue weighted by molar-refractivity contribution is 0.0756. The number of nitrogens with one attached hydrogen (secondary N) is 1. The van der Waals surface area contributed by atoms with Gasteiger partial charge in [0.05, 0.1) is 15.9 Å². The number of amides is 1. The first kappa shape index (κ1) is 13.6. The van der Waals surface area contributed by atoms with Crippen molar-refractivity contribution < 1.29 is 9.21 Å². The van der Waals surface area contributed by atoms with Gasteiger partial charge in [-0.3, -0.25) is 4.79 Å². The van der Waals surface area contributed by atoms with E-state index >= 15 is 0 Å². The Morgan fingerprint density at radius 2 is 2.14 bits per heavy atom. The van der Waals surface area contributed by atoms with Crippen molar-refractivity contribution in [2.75, 3.05) is 24.6 Å². The summed E-state index contributed by atoms with van der Waals surface area (Å²) in [5.74, 6) is 2.61. The summed E-state index contributed by atoms with van der Waals surface area (Å²) in [5, 5.41) is 0. The molecule has 112 valence electrons. The van der Waals surface area contributed by atoms with Crippen molar-refractivity contribution in [1.82, 2.24) is 9.88 Å². The van der Waals surface area contributed by atoms with Crippen LogP contribution in [0.15, 0.2) is 22.8 Å². The maximum Gasteiger partial charge on any atom is 0.270 e. The van der Waals surface area contributed by atoms with E-state index in [0.29, 0.717) is 9.77 Å². The molecule has 0 saturated carbocycles. The van der Waals surface area contributed by atoms with E-state index in [1.54, 1.807) is 6.26 Å². The van der Waals surface area contributed by atoms with Crippen LogP contribution in [0.4, 0.5) is 0 Å². The van der Waals surface area contributed by atoms with Gasteiger partial charge in [-0.1, -0.05) is 0 Å². The molecular formula is C15H18N2O2S2. The molecule has 0 radical (unpaired) electrons. The monoisotopic (exact) mass is 322 g/mol. The van der Waals surface area contributed by atoms with Crippen molar-refractivity contribution in [3.8, 4) is 0 Å². The van der Waals surface area contributed by atoms with Crippen LogP contribution in [0.1, 0.15) is 29.8 Å². The van der Waals surface area contributed by atoms with Gasteiger partial charge in [-0.25, -0.2) is 0 Å². The zero-order chi connectivity index (χ0) is 14.3. The van der Waals surface area contributed by atoms with Crippen LogP contribution >= 0.6 is 23.5 Å². The molecule has 4 heterocycles. The van der Waals surface area contributed by atoms with E-state index in [-0.39, 0.29) is 5.91 Å². The third kappa shape index (κ3) is 2.48. The molecule has 21 heavy (non-hydrogen) atoms. The van der Waals surface area contributed by atoms with Crippen molar-refractivity contribution in [3.05, 3.63) is 24.1 Å². The first-order valence-electron chi connectivity index (χ1n) is 7.39. The Kier molecular flexibility index (Phi) is 3.46. The number of nitrogens with zero attached hydrogens (tertiary/aromatic N) is 1. The number of hydrogen-bond acceptors (Lipinski definition) is 4. The first-order valence-corrected chi connectivity index (χ1v) is 9.36. The number of rotatable bonds is 1. The van der Waals surface area contributed by atoms with Crippen LogP contribution in [-0.4, -0.2) is 44.5 Å². The Bertz CT molecular complexity index is 629. The third-order valence-corrected chi connectivity index (χ3v) is 7.97. The van der Waals surface area contributed by atoms with Gasteiger partial charge in [0.25, 0.3) is 5.91 Å². The van der Waals surface area contributed by atoms with E-state index < -0.39 is 0 Å². The highest BCUT2D eigenvalue weighted by Crippen LogP contribution is 2.50. The average Bonchev–Trinajstić information content (AvgIpc) is 3.13. The number of hydrogen-bond donors (Lipinski definition) is 1. The van der Waals surface area contributed by atoms with Gasteiger partial charge < -0.3 is 14.3 Å². The second kappa shape index (κ2) is 5.32. The van der Waals surface area contributed by atoms with Crippen LogP contribution in [0.25, 0.3) is 11.1 Å². The van der Waals surface area contributed by atoms with Crippen molar-refractivity contribution in [3.63, 3.8) is 0 Å². The van der Waals surface area contributed by atoms with Crippen LogP contribution in [0.2, 0.25) is 0 Å². The Morgan fingerprint density at radius 1 is 1.29 bits per heavy atom. The normalized spacial score (nSPS) is 22.0. The highest BCUT2D eigenvalue weighted by Gasteiger charge is 2.37. The quantitative estimate of drug-likeness (QED) is 0.872. The molecule has 2 saturated heterocycles. The second-order valence-corrected chi connectivity index (χ2v) is 8.85. The number of likely N-dealkylation sites (tertiary alicyclic amines) is 1. The lowest BCUT2D eigenvalue weighted by Crippen LogP contribution is -2.33. The number of furan rings is 1. The van der Waals surface area contributed by atoms with Crippen LogP contribution in [0.3, 0.4) is 0 Å². The lowest BCUT2D eigenvalue weighted by Gasteiger charge is -2.25. The van der Waals surface area contributed by atoms with Crippen LogP contribution in [0, 0.1) is 0 Å². The van der Waals surface area contributed by atoms with Gasteiger partial charge in [0.15, 0.2) is 5.58 Å².